The van der Waals surface area contributed by atoms with Gasteiger partial charge in [-0.25, -0.2) is 0 Å². The average molecular weight is 314 g/mol. The maximum absolute atomic E-state index is 13.0. The molecule has 24 heavy (non-hydrogen) atoms. The molecule has 4 nitrogen and oxygen atoms in total. The number of carbonyl (C=O) groups excluding carboxylic acids is 2. The van der Waals surface area contributed by atoms with E-state index >= 15 is 0 Å². The molecule has 0 unspecified atom stereocenters. The monoisotopic (exact) mass is 314 g/mol. The van der Waals surface area contributed by atoms with E-state index in [0.29, 0.717) is 11.1 Å². The Morgan fingerprint density at radius 2 is 1.42 bits per heavy atom. The van der Waals surface area contributed by atoms with Crippen molar-refractivity contribution in [2.45, 2.75) is 0 Å². The van der Waals surface area contributed by atoms with Crippen molar-refractivity contribution >= 4 is 34.3 Å². The Balaban J connectivity index is 2.03. The number of terminal acetylenes is 1. The van der Waals surface area contributed by atoms with Crippen LogP contribution in [0.3, 0.4) is 0 Å². The number of benzene rings is 2. The second-order valence-electron chi connectivity index (χ2n) is 5.74. The third-order valence-electron chi connectivity index (χ3n) is 4.48. The molecule has 0 aliphatic carbocycles. The molecule has 0 N–H and O–H groups in total. The molecule has 0 atom stereocenters. The van der Waals surface area contributed by atoms with Gasteiger partial charge in [-0.2, -0.15) is 0 Å². The Bertz CT molecular complexity index is 966. The van der Waals surface area contributed by atoms with Crippen LogP contribution in [0.25, 0.3) is 11.1 Å². The van der Waals surface area contributed by atoms with Gasteiger partial charge in [-0.15, -0.1) is 6.42 Å². The molecule has 4 heteroatoms. The number of carbonyl (C=O) groups is 2. The second-order valence-corrected chi connectivity index (χ2v) is 5.74. The van der Waals surface area contributed by atoms with Gasteiger partial charge in [0.25, 0.3) is 11.8 Å². The molecule has 4 rings (SSSR count). The number of anilines is 2. The molecule has 0 radical (unpaired) electrons. The lowest BCUT2D eigenvalue weighted by Gasteiger charge is -2.13. The van der Waals surface area contributed by atoms with Crippen molar-refractivity contribution in [1.82, 2.24) is 0 Å². The van der Waals surface area contributed by atoms with Crippen molar-refractivity contribution in [2.24, 2.45) is 0 Å². The molecular weight excluding hydrogens is 300 g/mol. The van der Waals surface area contributed by atoms with E-state index in [2.05, 4.69) is 5.92 Å². The quantitative estimate of drug-likeness (QED) is 0.599. The van der Waals surface area contributed by atoms with Crippen molar-refractivity contribution in [1.29, 1.82) is 0 Å². The van der Waals surface area contributed by atoms with Crippen molar-refractivity contribution in [3.8, 4) is 12.3 Å². The zero-order valence-corrected chi connectivity index (χ0v) is 13.1. The van der Waals surface area contributed by atoms with Crippen LogP contribution in [0.5, 0.6) is 0 Å². The molecule has 2 aromatic rings. The largest absolute Gasteiger partial charge is 0.311 e. The van der Waals surface area contributed by atoms with Crippen molar-refractivity contribution in [3.63, 3.8) is 0 Å². The Hall–Kier alpha value is -3.32. The molecular formula is C20H14N2O2. The summed E-state index contributed by atoms with van der Waals surface area (Å²) in [6.07, 6.45) is 5.42. The summed E-state index contributed by atoms with van der Waals surface area (Å²) in [6, 6.07) is 14.9. The maximum Gasteiger partial charge on any atom is 0.260 e. The molecule has 0 fully saturated rings. The molecule has 0 bridgehead atoms. The Labute approximate surface area is 140 Å². The van der Waals surface area contributed by atoms with Gasteiger partial charge in [-0.1, -0.05) is 42.3 Å². The fourth-order valence-electron chi connectivity index (χ4n) is 3.38. The van der Waals surface area contributed by atoms with Gasteiger partial charge in [0, 0.05) is 18.2 Å². The van der Waals surface area contributed by atoms with Gasteiger partial charge in [0.05, 0.1) is 29.1 Å². The van der Waals surface area contributed by atoms with Crippen LogP contribution in [0.4, 0.5) is 11.4 Å². The first-order chi connectivity index (χ1) is 11.6. The van der Waals surface area contributed by atoms with Crippen LogP contribution in [0.1, 0.15) is 11.1 Å². The molecule has 2 aromatic carbocycles. The van der Waals surface area contributed by atoms with E-state index in [1.54, 1.807) is 16.8 Å². The first kappa shape index (κ1) is 14.3. The smallest absolute Gasteiger partial charge is 0.260 e. The number of fused-ring (bicyclic) bond motifs is 2. The zero-order valence-electron chi connectivity index (χ0n) is 13.1. The van der Waals surface area contributed by atoms with Crippen LogP contribution in [-0.2, 0) is 9.59 Å². The highest BCUT2D eigenvalue weighted by Gasteiger charge is 2.40. The Morgan fingerprint density at radius 1 is 0.875 bits per heavy atom. The maximum atomic E-state index is 13.0. The molecule has 2 aliphatic rings. The molecule has 116 valence electrons. The van der Waals surface area contributed by atoms with Gasteiger partial charge in [-0.3, -0.25) is 14.5 Å². The third-order valence-corrected chi connectivity index (χ3v) is 4.48. The summed E-state index contributed by atoms with van der Waals surface area (Å²) in [4.78, 5) is 29.0. The molecule has 2 heterocycles. The predicted octanol–water partition coefficient (Wildman–Crippen LogP) is 2.55. The van der Waals surface area contributed by atoms with E-state index < -0.39 is 0 Å². The molecule has 0 saturated heterocycles. The van der Waals surface area contributed by atoms with E-state index in [1.807, 2.05) is 48.5 Å². The lowest BCUT2D eigenvalue weighted by molar-refractivity contribution is -0.114. The van der Waals surface area contributed by atoms with E-state index in [4.69, 9.17) is 6.42 Å². The lowest BCUT2D eigenvalue weighted by atomic mass is 9.96. The molecule has 2 amide bonds. The minimum Gasteiger partial charge on any atom is -0.311 e. The lowest BCUT2D eigenvalue weighted by Crippen LogP contribution is -2.27. The summed E-state index contributed by atoms with van der Waals surface area (Å²) in [5, 5.41) is 0. The van der Waals surface area contributed by atoms with Crippen molar-refractivity contribution in [2.75, 3.05) is 23.4 Å². The number of likely N-dealkylation sites (N-methyl/N-ethyl adjacent to an activating group) is 1. The van der Waals surface area contributed by atoms with E-state index in [-0.39, 0.29) is 18.4 Å². The number of hydrogen-bond acceptors (Lipinski definition) is 2. The highest BCUT2D eigenvalue weighted by Crippen LogP contribution is 2.45. The van der Waals surface area contributed by atoms with Gasteiger partial charge in [0.1, 0.15) is 0 Å². The fraction of sp³-hybridized carbons (Fsp3) is 0.100. The van der Waals surface area contributed by atoms with Gasteiger partial charge >= 0.3 is 0 Å². The second kappa shape index (κ2) is 5.10. The van der Waals surface area contributed by atoms with Gasteiger partial charge < -0.3 is 4.90 Å². The first-order valence-electron chi connectivity index (χ1n) is 7.61. The summed E-state index contributed by atoms with van der Waals surface area (Å²) in [6.45, 7) is 0.179. The van der Waals surface area contributed by atoms with Gasteiger partial charge in [-0.05, 0) is 12.1 Å². The van der Waals surface area contributed by atoms with Gasteiger partial charge in [0.2, 0.25) is 0 Å². The highest BCUT2D eigenvalue weighted by molar-refractivity contribution is 6.49. The van der Waals surface area contributed by atoms with Crippen LogP contribution in [-0.4, -0.2) is 25.4 Å². The summed E-state index contributed by atoms with van der Waals surface area (Å²) >= 11 is 0. The number of hydrogen-bond donors (Lipinski definition) is 0. The normalized spacial score (nSPS) is 18.7. The number of rotatable bonds is 1. The highest BCUT2D eigenvalue weighted by atomic mass is 16.2. The Morgan fingerprint density at radius 3 is 2.08 bits per heavy atom. The predicted molar refractivity (Wildman–Crippen MR) is 94.3 cm³/mol. The number of amides is 2. The summed E-state index contributed by atoms with van der Waals surface area (Å²) in [5.41, 5.74) is 3.98. The minimum absolute atomic E-state index is 0.170. The van der Waals surface area contributed by atoms with E-state index in [9.17, 15) is 9.59 Å². The molecule has 0 saturated carbocycles. The first-order valence-corrected chi connectivity index (χ1v) is 7.61. The minimum atomic E-state index is -0.220. The number of para-hydroxylation sites is 2. The average Bonchev–Trinajstić information content (AvgIpc) is 3.01. The topological polar surface area (TPSA) is 40.6 Å². The third kappa shape index (κ3) is 1.76. The summed E-state index contributed by atoms with van der Waals surface area (Å²) in [7, 11) is 1.72. The van der Waals surface area contributed by atoms with Crippen LogP contribution in [0, 0.1) is 12.3 Å². The van der Waals surface area contributed by atoms with Crippen LogP contribution in [0.15, 0.2) is 48.5 Å². The number of nitrogens with zero attached hydrogens (tertiary/aromatic N) is 2. The van der Waals surface area contributed by atoms with E-state index in [0.717, 1.165) is 22.5 Å². The summed E-state index contributed by atoms with van der Waals surface area (Å²) in [5.74, 6) is 2.13. The fourth-order valence-corrected chi connectivity index (χ4v) is 3.38. The standard InChI is InChI=1S/C20H14N2O2/c1-3-12-22-16-11-7-5-9-14(16)18(20(22)24)17-13-8-4-6-10-15(13)21(2)19(17)23/h1,4-11H,12H2,2H3/b18-17+. The van der Waals surface area contributed by atoms with Crippen molar-refractivity contribution in [3.05, 3.63) is 59.7 Å². The zero-order chi connectivity index (χ0) is 16.8. The van der Waals surface area contributed by atoms with Crippen molar-refractivity contribution < 1.29 is 9.59 Å². The molecule has 2 aliphatic heterocycles. The van der Waals surface area contributed by atoms with Crippen LogP contribution >= 0.6 is 0 Å². The molecule has 0 aromatic heterocycles. The van der Waals surface area contributed by atoms with Crippen LogP contribution in [0.2, 0.25) is 0 Å². The summed E-state index contributed by atoms with van der Waals surface area (Å²) < 4.78 is 0. The Kier molecular flexibility index (Phi) is 3.04. The van der Waals surface area contributed by atoms with Crippen LogP contribution < -0.4 is 9.80 Å². The molecule has 0 spiro atoms. The SMILES string of the molecule is C#CCN1C(=O)/C(=C2/C(=O)N(C)c3ccccc32)c2ccccc21. The van der Waals surface area contributed by atoms with Gasteiger partial charge in [0.15, 0.2) is 0 Å². The van der Waals surface area contributed by atoms with E-state index in [1.165, 1.54) is 0 Å².